The van der Waals surface area contributed by atoms with Crippen LogP contribution < -0.4 is 10.2 Å². The third kappa shape index (κ3) is 4.42. The third-order valence-electron chi connectivity index (χ3n) is 3.63. The molecule has 1 aliphatic rings. The van der Waals surface area contributed by atoms with Gasteiger partial charge in [-0.1, -0.05) is 22.9 Å². The first-order chi connectivity index (χ1) is 9.95. The van der Waals surface area contributed by atoms with Crippen molar-refractivity contribution in [2.75, 3.05) is 31.1 Å². The molecule has 4 nitrogen and oxygen atoms in total. The van der Waals surface area contributed by atoms with E-state index in [9.17, 15) is 5.11 Å². The highest BCUT2D eigenvalue weighted by Gasteiger charge is 2.33. The second kappa shape index (κ2) is 7.09. The van der Waals surface area contributed by atoms with Crippen LogP contribution in [0, 0.1) is 0 Å². The summed E-state index contributed by atoms with van der Waals surface area (Å²) in [5.74, 6) is 0. The molecule has 1 heterocycles. The lowest BCUT2D eigenvalue weighted by Crippen LogP contribution is -2.54. The van der Waals surface area contributed by atoms with Crippen molar-refractivity contribution in [1.82, 2.24) is 5.32 Å². The molecule has 2 N–H and O–H groups in total. The van der Waals surface area contributed by atoms with Gasteiger partial charge in [0, 0.05) is 29.8 Å². The van der Waals surface area contributed by atoms with Gasteiger partial charge >= 0.3 is 0 Å². The van der Waals surface area contributed by atoms with Crippen molar-refractivity contribution in [3.63, 3.8) is 0 Å². The number of halogens is 1. The summed E-state index contributed by atoms with van der Waals surface area (Å²) in [6, 6.07) is 6.38. The molecular weight excluding hydrogens is 332 g/mol. The Bertz CT molecular complexity index is 479. The number of rotatable bonds is 5. The highest BCUT2D eigenvalue weighted by molar-refractivity contribution is 9.10. The van der Waals surface area contributed by atoms with Gasteiger partial charge in [-0.25, -0.2) is 0 Å². The van der Waals surface area contributed by atoms with Crippen molar-refractivity contribution in [3.05, 3.63) is 28.2 Å². The zero-order valence-corrected chi connectivity index (χ0v) is 14.6. The van der Waals surface area contributed by atoms with E-state index in [1.807, 2.05) is 0 Å². The second-order valence-electron chi connectivity index (χ2n) is 6.12. The Kier molecular flexibility index (Phi) is 5.66. The van der Waals surface area contributed by atoms with E-state index >= 15 is 0 Å². The normalized spacial score (nSPS) is 21.6. The topological polar surface area (TPSA) is 44.7 Å². The van der Waals surface area contributed by atoms with Crippen LogP contribution in [-0.4, -0.2) is 43.1 Å². The van der Waals surface area contributed by atoms with E-state index in [4.69, 9.17) is 4.74 Å². The Hall–Kier alpha value is -0.620. The molecule has 0 aromatic heterocycles. The number of nitrogens with zero attached hydrogens (tertiary/aromatic N) is 1. The highest BCUT2D eigenvalue weighted by atomic mass is 79.9. The zero-order chi connectivity index (χ0) is 15.5. The lowest BCUT2D eigenvalue weighted by Gasteiger charge is -2.44. The molecule has 0 spiro atoms. The SMILES string of the molecule is CCNCc1cc(Br)ccc1N1CC(CO)OC(C)(C)C1. The van der Waals surface area contributed by atoms with Crippen molar-refractivity contribution in [2.45, 2.75) is 39.0 Å². The standard InChI is InChI=1S/C16H25BrN2O2/c1-4-18-8-12-7-13(17)5-6-15(12)19-9-14(10-20)21-16(2,3)11-19/h5-7,14,18,20H,4,8-11H2,1-3H3. The minimum absolute atomic E-state index is 0.0546. The summed E-state index contributed by atoms with van der Waals surface area (Å²) in [6.07, 6.45) is -0.135. The summed E-state index contributed by atoms with van der Waals surface area (Å²) in [7, 11) is 0. The average Bonchev–Trinajstić information content (AvgIpc) is 2.43. The van der Waals surface area contributed by atoms with Gasteiger partial charge in [-0.2, -0.15) is 0 Å². The van der Waals surface area contributed by atoms with Crippen LogP contribution in [0.5, 0.6) is 0 Å². The van der Waals surface area contributed by atoms with Gasteiger partial charge in [0.15, 0.2) is 0 Å². The van der Waals surface area contributed by atoms with Crippen LogP contribution in [0.4, 0.5) is 5.69 Å². The van der Waals surface area contributed by atoms with E-state index in [-0.39, 0.29) is 18.3 Å². The number of benzene rings is 1. The van der Waals surface area contributed by atoms with E-state index in [2.05, 4.69) is 65.1 Å². The lowest BCUT2D eigenvalue weighted by atomic mass is 10.0. The number of aliphatic hydroxyl groups excluding tert-OH is 1. The molecule has 1 aliphatic heterocycles. The molecular formula is C16H25BrN2O2. The zero-order valence-electron chi connectivity index (χ0n) is 13.0. The van der Waals surface area contributed by atoms with E-state index < -0.39 is 0 Å². The van der Waals surface area contributed by atoms with Crippen molar-refractivity contribution >= 4 is 21.6 Å². The molecule has 0 bridgehead atoms. The Morgan fingerprint density at radius 3 is 2.90 bits per heavy atom. The largest absolute Gasteiger partial charge is 0.394 e. The van der Waals surface area contributed by atoms with Crippen molar-refractivity contribution < 1.29 is 9.84 Å². The fourth-order valence-electron chi connectivity index (χ4n) is 2.84. The summed E-state index contributed by atoms with van der Waals surface area (Å²) in [5, 5.41) is 12.9. The average molecular weight is 357 g/mol. The van der Waals surface area contributed by atoms with Crippen LogP contribution in [0.25, 0.3) is 0 Å². The predicted molar refractivity (Wildman–Crippen MR) is 89.8 cm³/mol. The van der Waals surface area contributed by atoms with Crippen molar-refractivity contribution in [1.29, 1.82) is 0 Å². The maximum atomic E-state index is 9.47. The Morgan fingerprint density at radius 2 is 2.24 bits per heavy atom. The minimum atomic E-state index is -0.256. The van der Waals surface area contributed by atoms with Crippen LogP contribution in [0.2, 0.25) is 0 Å². The smallest absolute Gasteiger partial charge is 0.0988 e. The Balaban J connectivity index is 2.26. The summed E-state index contributed by atoms with van der Waals surface area (Å²) in [4.78, 5) is 2.32. The lowest BCUT2D eigenvalue weighted by molar-refractivity contribution is -0.101. The molecule has 1 fully saturated rings. The monoisotopic (exact) mass is 356 g/mol. The van der Waals surface area contributed by atoms with Gasteiger partial charge < -0.3 is 20.1 Å². The summed E-state index contributed by atoms with van der Waals surface area (Å²) >= 11 is 3.55. The molecule has 1 aromatic carbocycles. The third-order valence-corrected chi connectivity index (χ3v) is 4.13. The minimum Gasteiger partial charge on any atom is -0.394 e. The predicted octanol–water partition coefficient (Wildman–Crippen LogP) is 2.53. The summed E-state index contributed by atoms with van der Waals surface area (Å²) in [5.41, 5.74) is 2.23. The Morgan fingerprint density at radius 1 is 1.48 bits per heavy atom. The maximum Gasteiger partial charge on any atom is 0.0988 e. The van der Waals surface area contributed by atoms with Gasteiger partial charge in [0.2, 0.25) is 0 Å². The summed E-state index contributed by atoms with van der Waals surface area (Å²) in [6.45, 7) is 9.64. The van der Waals surface area contributed by atoms with Crippen LogP contribution in [-0.2, 0) is 11.3 Å². The fourth-order valence-corrected chi connectivity index (χ4v) is 3.25. The van der Waals surface area contributed by atoms with Gasteiger partial charge in [0.05, 0.1) is 18.3 Å². The second-order valence-corrected chi connectivity index (χ2v) is 7.03. The van der Waals surface area contributed by atoms with Crippen LogP contribution in [0.15, 0.2) is 22.7 Å². The molecule has 1 aromatic rings. The molecule has 21 heavy (non-hydrogen) atoms. The van der Waals surface area contributed by atoms with E-state index in [1.54, 1.807) is 0 Å². The quantitative estimate of drug-likeness (QED) is 0.850. The van der Waals surface area contributed by atoms with Gasteiger partial charge in [0.25, 0.3) is 0 Å². The number of hydrogen-bond acceptors (Lipinski definition) is 4. The molecule has 0 radical (unpaired) electrons. The van der Waals surface area contributed by atoms with Gasteiger partial charge in [0.1, 0.15) is 0 Å². The number of morpholine rings is 1. The van der Waals surface area contributed by atoms with E-state index in [1.165, 1.54) is 11.3 Å². The fraction of sp³-hybridized carbons (Fsp3) is 0.625. The summed E-state index contributed by atoms with van der Waals surface area (Å²) < 4.78 is 6.99. The van der Waals surface area contributed by atoms with Crippen LogP contribution in [0.1, 0.15) is 26.3 Å². The molecule has 1 unspecified atom stereocenters. The van der Waals surface area contributed by atoms with Crippen molar-refractivity contribution in [3.8, 4) is 0 Å². The number of hydrogen-bond donors (Lipinski definition) is 2. The first kappa shape index (κ1) is 16.7. The molecule has 0 saturated carbocycles. The Labute approximate surface area is 135 Å². The van der Waals surface area contributed by atoms with Crippen molar-refractivity contribution in [2.24, 2.45) is 0 Å². The first-order valence-electron chi connectivity index (χ1n) is 7.48. The molecule has 118 valence electrons. The van der Waals surface area contributed by atoms with E-state index in [0.717, 1.165) is 30.7 Å². The van der Waals surface area contributed by atoms with Gasteiger partial charge in [-0.15, -0.1) is 0 Å². The number of aliphatic hydroxyl groups is 1. The molecule has 0 aliphatic carbocycles. The number of ether oxygens (including phenoxy) is 1. The van der Waals surface area contributed by atoms with Crippen LogP contribution in [0.3, 0.4) is 0 Å². The number of nitrogens with one attached hydrogen (secondary N) is 1. The van der Waals surface area contributed by atoms with Gasteiger partial charge in [-0.05, 0) is 44.2 Å². The maximum absolute atomic E-state index is 9.47. The first-order valence-corrected chi connectivity index (χ1v) is 8.27. The van der Waals surface area contributed by atoms with Crippen LogP contribution >= 0.6 is 15.9 Å². The van der Waals surface area contributed by atoms with E-state index in [0.29, 0.717) is 0 Å². The number of anilines is 1. The highest BCUT2D eigenvalue weighted by Crippen LogP contribution is 2.30. The molecule has 5 heteroatoms. The molecule has 1 atom stereocenters. The van der Waals surface area contributed by atoms with Gasteiger partial charge in [-0.3, -0.25) is 0 Å². The molecule has 0 amide bonds. The molecule has 2 rings (SSSR count). The molecule has 1 saturated heterocycles.